The van der Waals surface area contributed by atoms with Crippen molar-refractivity contribution in [1.82, 2.24) is 0 Å². The zero-order chi connectivity index (χ0) is 10.3. The van der Waals surface area contributed by atoms with Crippen LogP contribution in [0.5, 0.6) is 0 Å². The summed E-state index contributed by atoms with van der Waals surface area (Å²) in [5, 5.41) is 0. The van der Waals surface area contributed by atoms with E-state index in [1.807, 2.05) is 25.2 Å². The van der Waals surface area contributed by atoms with E-state index >= 15 is 0 Å². The first kappa shape index (κ1) is 10.5. The van der Waals surface area contributed by atoms with Crippen LogP contribution in [0.4, 0.5) is 0 Å². The summed E-state index contributed by atoms with van der Waals surface area (Å²) in [6, 6.07) is -0.0718. The molecule has 0 saturated carbocycles. The van der Waals surface area contributed by atoms with Crippen LogP contribution in [-0.2, 0) is 0 Å². The van der Waals surface area contributed by atoms with Crippen molar-refractivity contribution in [1.29, 1.82) is 0 Å². The molecule has 0 aliphatic heterocycles. The Balaban J connectivity index is 3.07. The molecule has 0 saturated heterocycles. The van der Waals surface area contributed by atoms with Crippen LogP contribution in [0, 0.1) is 5.41 Å². The van der Waals surface area contributed by atoms with Crippen molar-refractivity contribution in [3.63, 3.8) is 0 Å². The van der Waals surface area contributed by atoms with E-state index in [0.717, 1.165) is 5.57 Å². The molecule has 4 N–H and O–H groups in total. The molecule has 1 aliphatic carbocycles. The van der Waals surface area contributed by atoms with Gasteiger partial charge in [0, 0.05) is 6.04 Å². The van der Waals surface area contributed by atoms with Gasteiger partial charge in [0.25, 0.3) is 0 Å². The van der Waals surface area contributed by atoms with E-state index in [1.165, 1.54) is 0 Å². The van der Waals surface area contributed by atoms with Crippen molar-refractivity contribution in [3.8, 4) is 0 Å². The normalized spacial score (nSPS) is 34.6. The van der Waals surface area contributed by atoms with E-state index in [-0.39, 0.29) is 11.5 Å². The van der Waals surface area contributed by atoms with Gasteiger partial charge in [0.15, 0.2) is 0 Å². The average Bonchev–Trinajstić information content (AvgIpc) is 1.98. The monoisotopic (exact) mass is 180 g/mol. The summed E-state index contributed by atoms with van der Waals surface area (Å²) in [5.41, 5.74) is 13.1. The highest BCUT2D eigenvalue weighted by Gasteiger charge is 2.42. The quantitative estimate of drug-likeness (QED) is 0.594. The lowest BCUT2D eigenvalue weighted by atomic mass is 9.66. The minimum absolute atomic E-state index is 0.0154. The Hall–Kier alpha value is -0.600. The molecule has 0 aromatic carbocycles. The molecule has 0 heterocycles. The molecule has 0 amide bonds. The fraction of sp³-hybridized carbons (Fsp3) is 0.636. The first-order chi connectivity index (χ1) is 5.79. The minimum Gasteiger partial charge on any atom is -0.322 e. The van der Waals surface area contributed by atoms with Crippen molar-refractivity contribution in [2.45, 2.75) is 39.3 Å². The molecule has 2 atom stereocenters. The topological polar surface area (TPSA) is 52.0 Å². The van der Waals surface area contributed by atoms with Crippen molar-refractivity contribution >= 4 is 0 Å². The minimum atomic E-state index is -0.425. The number of rotatable bonds is 0. The highest BCUT2D eigenvalue weighted by molar-refractivity contribution is 5.34. The highest BCUT2D eigenvalue weighted by Crippen LogP contribution is 2.35. The SMILES string of the molecule is CC1=CC=CC(N)(C(C)(C)C)C1N. The maximum absolute atomic E-state index is 6.32. The van der Waals surface area contributed by atoms with Gasteiger partial charge in [-0.25, -0.2) is 0 Å². The second-order valence-corrected chi connectivity index (χ2v) is 4.93. The molecule has 0 radical (unpaired) electrons. The molecule has 0 bridgehead atoms. The summed E-state index contributed by atoms with van der Waals surface area (Å²) in [4.78, 5) is 0. The highest BCUT2D eigenvalue weighted by atomic mass is 14.9. The van der Waals surface area contributed by atoms with Gasteiger partial charge in [-0.1, -0.05) is 44.6 Å². The fourth-order valence-corrected chi connectivity index (χ4v) is 1.66. The molecule has 0 spiro atoms. The van der Waals surface area contributed by atoms with Crippen LogP contribution in [-0.4, -0.2) is 11.6 Å². The zero-order valence-corrected chi connectivity index (χ0v) is 8.96. The molecule has 0 fully saturated rings. The van der Waals surface area contributed by atoms with Gasteiger partial charge in [0.05, 0.1) is 5.54 Å². The molecule has 13 heavy (non-hydrogen) atoms. The Kier molecular flexibility index (Phi) is 2.39. The predicted molar refractivity (Wildman–Crippen MR) is 57.2 cm³/mol. The Morgan fingerprint density at radius 2 is 1.92 bits per heavy atom. The maximum Gasteiger partial charge on any atom is 0.0584 e. The summed E-state index contributed by atoms with van der Waals surface area (Å²) in [5.74, 6) is 0. The lowest BCUT2D eigenvalue weighted by molar-refractivity contribution is 0.215. The van der Waals surface area contributed by atoms with Crippen LogP contribution in [0.2, 0.25) is 0 Å². The molecule has 2 nitrogen and oxygen atoms in total. The molecule has 1 rings (SSSR count). The molecule has 0 aromatic rings. The van der Waals surface area contributed by atoms with E-state index in [2.05, 4.69) is 20.8 Å². The van der Waals surface area contributed by atoms with Gasteiger partial charge in [0.1, 0.15) is 0 Å². The van der Waals surface area contributed by atoms with E-state index in [4.69, 9.17) is 11.5 Å². The number of allylic oxidation sites excluding steroid dienone is 2. The molecular weight excluding hydrogens is 160 g/mol. The van der Waals surface area contributed by atoms with Crippen LogP contribution in [0.1, 0.15) is 27.7 Å². The molecule has 2 unspecified atom stereocenters. The van der Waals surface area contributed by atoms with E-state index in [1.54, 1.807) is 0 Å². The predicted octanol–water partition coefficient (Wildman–Crippen LogP) is 1.57. The Labute approximate surface area is 80.7 Å². The van der Waals surface area contributed by atoms with Crippen LogP contribution >= 0.6 is 0 Å². The third-order valence-electron chi connectivity index (χ3n) is 3.04. The lowest BCUT2D eigenvalue weighted by Crippen LogP contribution is -2.62. The maximum atomic E-state index is 6.32. The van der Waals surface area contributed by atoms with Gasteiger partial charge in [-0.05, 0) is 12.3 Å². The van der Waals surface area contributed by atoms with E-state index in [9.17, 15) is 0 Å². The van der Waals surface area contributed by atoms with Gasteiger partial charge in [-0.2, -0.15) is 0 Å². The summed E-state index contributed by atoms with van der Waals surface area (Å²) in [7, 11) is 0. The smallest absolute Gasteiger partial charge is 0.0584 e. The first-order valence-corrected chi connectivity index (χ1v) is 4.69. The lowest BCUT2D eigenvalue weighted by Gasteiger charge is -2.45. The van der Waals surface area contributed by atoms with E-state index in [0.29, 0.717) is 0 Å². The summed E-state index contributed by atoms with van der Waals surface area (Å²) in [6.45, 7) is 8.39. The van der Waals surface area contributed by atoms with Gasteiger partial charge < -0.3 is 11.5 Å². The van der Waals surface area contributed by atoms with Crippen LogP contribution in [0.3, 0.4) is 0 Å². The summed E-state index contributed by atoms with van der Waals surface area (Å²) >= 11 is 0. The van der Waals surface area contributed by atoms with Crippen molar-refractivity contribution in [2.75, 3.05) is 0 Å². The second kappa shape index (κ2) is 2.96. The molecule has 1 aliphatic rings. The number of nitrogens with two attached hydrogens (primary N) is 2. The largest absolute Gasteiger partial charge is 0.322 e. The summed E-state index contributed by atoms with van der Waals surface area (Å²) < 4.78 is 0. The number of hydrogen-bond donors (Lipinski definition) is 2. The standard InChI is InChI=1S/C11H20N2/c1-8-6-5-7-11(13,9(8)12)10(2,3)4/h5-7,9H,12-13H2,1-4H3. The molecule has 74 valence electrons. The fourth-order valence-electron chi connectivity index (χ4n) is 1.66. The van der Waals surface area contributed by atoms with Crippen molar-refractivity contribution in [2.24, 2.45) is 16.9 Å². The third kappa shape index (κ3) is 1.56. The van der Waals surface area contributed by atoms with Crippen LogP contribution in [0.15, 0.2) is 23.8 Å². The van der Waals surface area contributed by atoms with Crippen molar-refractivity contribution < 1.29 is 0 Å². The van der Waals surface area contributed by atoms with Crippen LogP contribution in [0.25, 0.3) is 0 Å². The van der Waals surface area contributed by atoms with Gasteiger partial charge in [-0.15, -0.1) is 0 Å². The zero-order valence-electron chi connectivity index (χ0n) is 8.96. The average molecular weight is 180 g/mol. The Morgan fingerprint density at radius 1 is 1.38 bits per heavy atom. The molecule has 2 heteroatoms. The third-order valence-corrected chi connectivity index (χ3v) is 3.04. The van der Waals surface area contributed by atoms with Crippen LogP contribution < -0.4 is 11.5 Å². The van der Waals surface area contributed by atoms with Gasteiger partial charge >= 0.3 is 0 Å². The van der Waals surface area contributed by atoms with Gasteiger partial charge in [0.2, 0.25) is 0 Å². The van der Waals surface area contributed by atoms with Crippen molar-refractivity contribution in [3.05, 3.63) is 23.8 Å². The molecule has 0 aromatic heterocycles. The number of hydrogen-bond acceptors (Lipinski definition) is 2. The second-order valence-electron chi connectivity index (χ2n) is 4.93. The Bertz CT molecular complexity index is 258. The first-order valence-electron chi connectivity index (χ1n) is 4.69. The Morgan fingerprint density at radius 3 is 2.31 bits per heavy atom. The molecular formula is C11H20N2. The summed E-state index contributed by atoms with van der Waals surface area (Å²) in [6.07, 6.45) is 6.05. The van der Waals surface area contributed by atoms with E-state index < -0.39 is 5.54 Å². The van der Waals surface area contributed by atoms with Gasteiger partial charge in [-0.3, -0.25) is 0 Å².